The fourth-order valence-corrected chi connectivity index (χ4v) is 1.75. The first-order valence-electron chi connectivity index (χ1n) is 5.76. The van der Waals surface area contributed by atoms with Crippen LogP contribution in [-0.2, 0) is 6.54 Å². The number of aliphatic hydroxyl groups is 1. The van der Waals surface area contributed by atoms with Gasteiger partial charge in [0.15, 0.2) is 0 Å². The number of rotatable bonds is 6. The Morgan fingerprint density at radius 3 is 2.71 bits per heavy atom. The lowest BCUT2D eigenvalue weighted by Crippen LogP contribution is -2.28. The predicted molar refractivity (Wildman–Crippen MR) is 73.3 cm³/mol. The molecule has 17 heavy (non-hydrogen) atoms. The van der Waals surface area contributed by atoms with Crippen LogP contribution >= 0.6 is 15.9 Å². The van der Waals surface area contributed by atoms with Gasteiger partial charge in [0.25, 0.3) is 0 Å². The van der Waals surface area contributed by atoms with Crippen LogP contribution in [0.5, 0.6) is 5.75 Å². The van der Waals surface area contributed by atoms with E-state index in [2.05, 4.69) is 28.2 Å². The van der Waals surface area contributed by atoms with Crippen molar-refractivity contribution in [1.82, 2.24) is 5.32 Å². The van der Waals surface area contributed by atoms with Gasteiger partial charge in [-0.2, -0.15) is 0 Å². The molecule has 3 nitrogen and oxygen atoms in total. The van der Waals surface area contributed by atoms with Crippen molar-refractivity contribution in [3.8, 4) is 5.75 Å². The summed E-state index contributed by atoms with van der Waals surface area (Å²) in [5.74, 6) is 0.816. The zero-order valence-electron chi connectivity index (χ0n) is 10.6. The highest BCUT2D eigenvalue weighted by molar-refractivity contribution is 9.10. The minimum Gasteiger partial charge on any atom is -0.490 e. The molecule has 0 aromatic heterocycles. The lowest BCUT2D eigenvalue weighted by molar-refractivity contribution is 0.0281. The molecule has 4 heteroatoms. The molecule has 0 aliphatic carbocycles. The molecule has 0 saturated heterocycles. The standard InChI is InChI=1S/C13H20BrNO2/c1-4-15-8-10-7-11(14)5-6-12(10)17-9-13(2,3)16/h5-7,15-16H,4,8-9H2,1-3H3. The Balaban J connectivity index is 2.75. The highest BCUT2D eigenvalue weighted by Crippen LogP contribution is 2.24. The van der Waals surface area contributed by atoms with Gasteiger partial charge >= 0.3 is 0 Å². The average molecular weight is 302 g/mol. The fourth-order valence-electron chi connectivity index (χ4n) is 1.34. The number of hydrogen-bond donors (Lipinski definition) is 2. The van der Waals surface area contributed by atoms with Gasteiger partial charge in [0.05, 0.1) is 5.60 Å². The molecule has 0 unspecified atom stereocenters. The highest BCUT2D eigenvalue weighted by atomic mass is 79.9. The van der Waals surface area contributed by atoms with Crippen molar-refractivity contribution in [2.75, 3.05) is 13.2 Å². The number of hydrogen-bond acceptors (Lipinski definition) is 3. The van der Waals surface area contributed by atoms with Gasteiger partial charge in [-0.15, -0.1) is 0 Å². The van der Waals surface area contributed by atoms with Crippen molar-refractivity contribution in [3.63, 3.8) is 0 Å². The highest BCUT2D eigenvalue weighted by Gasteiger charge is 2.14. The summed E-state index contributed by atoms with van der Waals surface area (Å²) in [6.45, 7) is 7.49. The smallest absolute Gasteiger partial charge is 0.124 e. The van der Waals surface area contributed by atoms with E-state index in [-0.39, 0.29) is 6.61 Å². The van der Waals surface area contributed by atoms with Crippen LogP contribution < -0.4 is 10.1 Å². The summed E-state index contributed by atoms with van der Waals surface area (Å²) in [4.78, 5) is 0. The molecule has 0 heterocycles. The van der Waals surface area contributed by atoms with Crippen molar-refractivity contribution in [2.24, 2.45) is 0 Å². The maximum absolute atomic E-state index is 9.65. The Hall–Kier alpha value is -0.580. The van der Waals surface area contributed by atoms with E-state index in [1.807, 2.05) is 18.2 Å². The molecule has 96 valence electrons. The van der Waals surface area contributed by atoms with Gasteiger partial charge in [0.1, 0.15) is 12.4 Å². The summed E-state index contributed by atoms with van der Waals surface area (Å²) in [6.07, 6.45) is 0. The van der Waals surface area contributed by atoms with Crippen molar-refractivity contribution in [3.05, 3.63) is 28.2 Å². The van der Waals surface area contributed by atoms with Crippen LogP contribution in [0.4, 0.5) is 0 Å². The third kappa shape index (κ3) is 5.52. The van der Waals surface area contributed by atoms with Gasteiger partial charge in [0.2, 0.25) is 0 Å². The van der Waals surface area contributed by atoms with E-state index in [4.69, 9.17) is 4.74 Å². The molecule has 1 aromatic rings. The monoisotopic (exact) mass is 301 g/mol. The molecule has 1 rings (SSSR count). The normalized spacial score (nSPS) is 11.6. The van der Waals surface area contributed by atoms with Crippen LogP contribution in [0.2, 0.25) is 0 Å². The van der Waals surface area contributed by atoms with Gasteiger partial charge in [-0.25, -0.2) is 0 Å². The maximum atomic E-state index is 9.65. The van der Waals surface area contributed by atoms with Crippen LogP contribution in [0.3, 0.4) is 0 Å². The van der Waals surface area contributed by atoms with E-state index in [1.54, 1.807) is 13.8 Å². The van der Waals surface area contributed by atoms with Gasteiger partial charge in [0, 0.05) is 16.6 Å². The summed E-state index contributed by atoms with van der Waals surface area (Å²) < 4.78 is 6.67. The minimum atomic E-state index is -0.817. The summed E-state index contributed by atoms with van der Waals surface area (Å²) in [7, 11) is 0. The molecule has 0 atom stereocenters. The molecule has 1 aromatic carbocycles. The third-order valence-electron chi connectivity index (χ3n) is 2.17. The molecule has 0 fully saturated rings. The number of benzene rings is 1. The summed E-state index contributed by atoms with van der Waals surface area (Å²) in [5.41, 5.74) is 0.271. The van der Waals surface area contributed by atoms with Crippen LogP contribution in [0.1, 0.15) is 26.3 Å². The Labute approximate surface area is 111 Å². The molecular formula is C13H20BrNO2. The maximum Gasteiger partial charge on any atom is 0.124 e. The quantitative estimate of drug-likeness (QED) is 0.849. The van der Waals surface area contributed by atoms with Gasteiger partial charge < -0.3 is 15.2 Å². The van der Waals surface area contributed by atoms with Crippen molar-refractivity contribution < 1.29 is 9.84 Å². The Bertz CT molecular complexity index is 361. The van der Waals surface area contributed by atoms with Crippen molar-refractivity contribution >= 4 is 15.9 Å². The van der Waals surface area contributed by atoms with Crippen molar-refractivity contribution in [1.29, 1.82) is 0 Å². The lowest BCUT2D eigenvalue weighted by atomic mass is 10.1. The van der Waals surface area contributed by atoms with E-state index in [0.29, 0.717) is 0 Å². The van der Waals surface area contributed by atoms with Crippen LogP contribution in [0.25, 0.3) is 0 Å². The van der Waals surface area contributed by atoms with E-state index >= 15 is 0 Å². The molecule has 0 aliphatic heterocycles. The zero-order chi connectivity index (χ0) is 12.9. The van der Waals surface area contributed by atoms with Gasteiger partial charge in [-0.05, 0) is 38.6 Å². The minimum absolute atomic E-state index is 0.285. The Morgan fingerprint density at radius 2 is 2.12 bits per heavy atom. The molecule has 0 spiro atoms. The number of nitrogens with one attached hydrogen (secondary N) is 1. The van der Waals surface area contributed by atoms with E-state index < -0.39 is 5.60 Å². The lowest BCUT2D eigenvalue weighted by Gasteiger charge is -2.19. The summed E-state index contributed by atoms with van der Waals surface area (Å²) >= 11 is 3.45. The fraction of sp³-hybridized carbons (Fsp3) is 0.538. The van der Waals surface area contributed by atoms with E-state index in [0.717, 1.165) is 28.9 Å². The Morgan fingerprint density at radius 1 is 1.41 bits per heavy atom. The van der Waals surface area contributed by atoms with Gasteiger partial charge in [-0.3, -0.25) is 0 Å². The molecule has 0 amide bonds. The number of halogens is 1. The zero-order valence-corrected chi connectivity index (χ0v) is 12.2. The second-order valence-electron chi connectivity index (χ2n) is 4.63. The average Bonchev–Trinajstić information content (AvgIpc) is 2.23. The second kappa shape index (κ2) is 6.38. The van der Waals surface area contributed by atoms with Crippen molar-refractivity contribution in [2.45, 2.75) is 32.9 Å². The first kappa shape index (κ1) is 14.5. The number of ether oxygens (including phenoxy) is 1. The largest absolute Gasteiger partial charge is 0.490 e. The molecule has 0 aliphatic rings. The van der Waals surface area contributed by atoms with Crippen LogP contribution in [0.15, 0.2) is 22.7 Å². The molecule has 0 radical (unpaired) electrons. The second-order valence-corrected chi connectivity index (χ2v) is 5.55. The van der Waals surface area contributed by atoms with Crippen LogP contribution in [-0.4, -0.2) is 23.9 Å². The van der Waals surface area contributed by atoms with Gasteiger partial charge in [-0.1, -0.05) is 22.9 Å². The van der Waals surface area contributed by atoms with E-state index in [9.17, 15) is 5.11 Å². The molecule has 2 N–H and O–H groups in total. The first-order valence-corrected chi connectivity index (χ1v) is 6.56. The summed E-state index contributed by atoms with van der Waals surface area (Å²) in [6, 6.07) is 5.89. The summed E-state index contributed by atoms with van der Waals surface area (Å²) in [5, 5.41) is 12.9. The predicted octanol–water partition coefficient (Wildman–Crippen LogP) is 2.71. The molecule has 0 bridgehead atoms. The molecule has 0 saturated carbocycles. The third-order valence-corrected chi connectivity index (χ3v) is 2.66. The Kier molecular flexibility index (Phi) is 5.43. The van der Waals surface area contributed by atoms with E-state index in [1.165, 1.54) is 0 Å². The SMILES string of the molecule is CCNCc1cc(Br)ccc1OCC(C)(C)O. The molecular weight excluding hydrogens is 282 g/mol. The van der Waals surface area contributed by atoms with Crippen LogP contribution in [0, 0.1) is 0 Å². The first-order chi connectivity index (χ1) is 7.92. The topological polar surface area (TPSA) is 41.5 Å².